The van der Waals surface area contributed by atoms with Gasteiger partial charge in [-0.1, -0.05) is 12.8 Å². The number of nitrogens with zero attached hydrogens (tertiary/aromatic N) is 3. The molecule has 2 aliphatic rings. The smallest absolute Gasteiger partial charge is 0.283 e. The first-order valence-electron chi connectivity index (χ1n) is 7.62. The zero-order valence-corrected chi connectivity index (χ0v) is 11.9. The van der Waals surface area contributed by atoms with E-state index in [9.17, 15) is 0 Å². The fourth-order valence-corrected chi connectivity index (χ4v) is 3.36. The van der Waals surface area contributed by atoms with Crippen LogP contribution in [0.4, 0.5) is 0 Å². The summed E-state index contributed by atoms with van der Waals surface area (Å²) in [6.45, 7) is 2.41. The maximum absolute atomic E-state index is 5.89. The number of hydrogen-bond donors (Lipinski definition) is 0. The highest BCUT2D eigenvalue weighted by Crippen LogP contribution is 2.29. The molecule has 1 aliphatic heterocycles. The summed E-state index contributed by atoms with van der Waals surface area (Å²) in [5.74, 6) is 1.71. The van der Waals surface area contributed by atoms with Crippen LogP contribution in [0.2, 0.25) is 0 Å². The van der Waals surface area contributed by atoms with Crippen LogP contribution in [0, 0.1) is 0 Å². The normalized spacial score (nSPS) is 26.7. The second kappa shape index (κ2) is 5.61. The first-order valence-corrected chi connectivity index (χ1v) is 7.62. The van der Waals surface area contributed by atoms with Gasteiger partial charge in [-0.25, -0.2) is 0 Å². The van der Waals surface area contributed by atoms with Gasteiger partial charge < -0.3 is 13.6 Å². The number of rotatable bonds is 3. The molecule has 3 heterocycles. The van der Waals surface area contributed by atoms with Crippen molar-refractivity contribution in [3.05, 3.63) is 24.3 Å². The topological polar surface area (TPSA) is 64.5 Å². The van der Waals surface area contributed by atoms with E-state index in [1.165, 1.54) is 25.7 Å². The van der Waals surface area contributed by atoms with E-state index in [0.717, 1.165) is 13.2 Å². The number of furan rings is 1. The molecule has 2 fully saturated rings. The number of ether oxygens (including phenoxy) is 1. The Bertz CT molecular complexity index is 579. The summed E-state index contributed by atoms with van der Waals surface area (Å²) in [4.78, 5) is 2.42. The van der Waals surface area contributed by atoms with Crippen LogP contribution in [-0.4, -0.2) is 40.4 Å². The zero-order chi connectivity index (χ0) is 14.1. The van der Waals surface area contributed by atoms with Crippen LogP contribution >= 0.6 is 0 Å². The molecule has 6 heteroatoms. The highest BCUT2D eigenvalue weighted by Gasteiger charge is 2.34. The maximum Gasteiger partial charge on any atom is 0.283 e. The third-order valence-electron chi connectivity index (χ3n) is 4.38. The summed E-state index contributed by atoms with van der Waals surface area (Å²) in [7, 11) is 0. The van der Waals surface area contributed by atoms with Crippen LogP contribution in [0.3, 0.4) is 0 Å². The van der Waals surface area contributed by atoms with Crippen LogP contribution < -0.4 is 0 Å². The average molecular weight is 289 g/mol. The molecule has 0 unspecified atom stereocenters. The van der Waals surface area contributed by atoms with Crippen LogP contribution in [-0.2, 0) is 11.3 Å². The molecule has 0 N–H and O–H groups in total. The SMILES string of the molecule is c1coc(-c2nnc(CN3CCO[C@@H]4CCCC[C@H]43)o2)c1. The van der Waals surface area contributed by atoms with Gasteiger partial charge in [-0.2, -0.15) is 0 Å². The van der Waals surface area contributed by atoms with Gasteiger partial charge in [0.2, 0.25) is 5.89 Å². The molecular formula is C15H19N3O3. The lowest BCUT2D eigenvalue weighted by atomic mass is 9.90. The summed E-state index contributed by atoms with van der Waals surface area (Å²) >= 11 is 0. The second-order valence-electron chi connectivity index (χ2n) is 5.71. The first kappa shape index (κ1) is 13.0. The summed E-state index contributed by atoms with van der Waals surface area (Å²) in [5.41, 5.74) is 0. The maximum atomic E-state index is 5.89. The predicted molar refractivity (Wildman–Crippen MR) is 74.4 cm³/mol. The Labute approximate surface area is 123 Å². The Morgan fingerprint density at radius 3 is 3.10 bits per heavy atom. The van der Waals surface area contributed by atoms with Gasteiger partial charge >= 0.3 is 0 Å². The predicted octanol–water partition coefficient (Wildman–Crippen LogP) is 2.47. The second-order valence-corrected chi connectivity index (χ2v) is 5.71. The third kappa shape index (κ3) is 2.61. The molecule has 0 bridgehead atoms. The molecule has 1 saturated carbocycles. The van der Waals surface area contributed by atoms with Gasteiger partial charge in [-0.15, -0.1) is 10.2 Å². The van der Waals surface area contributed by atoms with E-state index in [-0.39, 0.29) is 0 Å². The van der Waals surface area contributed by atoms with E-state index >= 15 is 0 Å². The van der Waals surface area contributed by atoms with Gasteiger partial charge in [0.05, 0.1) is 25.5 Å². The fraction of sp³-hybridized carbons (Fsp3) is 0.600. The molecule has 112 valence electrons. The lowest BCUT2D eigenvalue weighted by molar-refractivity contribution is -0.0930. The molecule has 4 rings (SSSR count). The van der Waals surface area contributed by atoms with Crippen molar-refractivity contribution >= 4 is 0 Å². The minimum Gasteiger partial charge on any atom is -0.459 e. The largest absolute Gasteiger partial charge is 0.459 e. The van der Waals surface area contributed by atoms with Crippen molar-refractivity contribution in [1.82, 2.24) is 15.1 Å². The minimum absolute atomic E-state index is 0.375. The van der Waals surface area contributed by atoms with Crippen molar-refractivity contribution in [3.8, 4) is 11.7 Å². The van der Waals surface area contributed by atoms with Gasteiger partial charge in [0.25, 0.3) is 5.89 Å². The molecule has 0 amide bonds. The Morgan fingerprint density at radius 2 is 2.19 bits per heavy atom. The molecular weight excluding hydrogens is 270 g/mol. The summed E-state index contributed by atoms with van der Waals surface area (Å²) < 4.78 is 16.9. The van der Waals surface area contributed by atoms with E-state index in [2.05, 4.69) is 15.1 Å². The van der Waals surface area contributed by atoms with E-state index < -0.39 is 0 Å². The first-order chi connectivity index (χ1) is 10.4. The molecule has 21 heavy (non-hydrogen) atoms. The van der Waals surface area contributed by atoms with Gasteiger partial charge in [-0.05, 0) is 25.0 Å². The molecule has 0 spiro atoms. The third-order valence-corrected chi connectivity index (χ3v) is 4.38. The Kier molecular flexibility index (Phi) is 3.48. The van der Waals surface area contributed by atoms with Crippen LogP contribution in [0.25, 0.3) is 11.7 Å². The molecule has 0 aromatic carbocycles. The standard InChI is InChI=1S/C15H19N3O3/c1-2-5-12-11(4-1)18(7-9-20-12)10-14-16-17-15(21-14)13-6-3-8-19-13/h3,6,8,11-12H,1-2,4-5,7,9-10H2/t11-,12-/m1/s1. The molecule has 2 aromatic heterocycles. The molecule has 1 aliphatic carbocycles. The van der Waals surface area contributed by atoms with Crippen LogP contribution in [0.1, 0.15) is 31.6 Å². The molecule has 0 radical (unpaired) electrons. The van der Waals surface area contributed by atoms with Crippen molar-refractivity contribution in [1.29, 1.82) is 0 Å². The summed E-state index contributed by atoms with van der Waals surface area (Å²) in [6.07, 6.45) is 6.90. The monoisotopic (exact) mass is 289 g/mol. The highest BCUT2D eigenvalue weighted by molar-refractivity contribution is 5.42. The van der Waals surface area contributed by atoms with E-state index in [0.29, 0.717) is 36.2 Å². The van der Waals surface area contributed by atoms with Crippen LogP contribution in [0.5, 0.6) is 0 Å². The number of fused-ring (bicyclic) bond motifs is 1. The lowest BCUT2D eigenvalue weighted by Crippen LogP contribution is -2.52. The number of aromatic nitrogens is 2. The van der Waals surface area contributed by atoms with Crippen molar-refractivity contribution in [3.63, 3.8) is 0 Å². The van der Waals surface area contributed by atoms with Gasteiger partial charge in [0.15, 0.2) is 5.76 Å². The van der Waals surface area contributed by atoms with Gasteiger partial charge in [0.1, 0.15) is 0 Å². The van der Waals surface area contributed by atoms with Crippen molar-refractivity contribution in [2.24, 2.45) is 0 Å². The average Bonchev–Trinajstić information content (AvgIpc) is 3.18. The van der Waals surface area contributed by atoms with Gasteiger partial charge in [-0.3, -0.25) is 4.90 Å². The van der Waals surface area contributed by atoms with Gasteiger partial charge in [0, 0.05) is 12.6 Å². The Balaban J connectivity index is 1.47. The summed E-state index contributed by atoms with van der Waals surface area (Å²) in [6, 6.07) is 4.13. The zero-order valence-electron chi connectivity index (χ0n) is 11.9. The van der Waals surface area contributed by atoms with E-state index in [1.807, 2.05) is 12.1 Å². The van der Waals surface area contributed by atoms with E-state index in [1.54, 1.807) is 6.26 Å². The van der Waals surface area contributed by atoms with Crippen LogP contribution in [0.15, 0.2) is 27.2 Å². The molecule has 2 aromatic rings. The quantitative estimate of drug-likeness (QED) is 0.865. The van der Waals surface area contributed by atoms with Crippen molar-refractivity contribution in [2.45, 2.75) is 44.4 Å². The summed E-state index contributed by atoms with van der Waals surface area (Å²) in [5, 5.41) is 8.20. The molecule has 2 atom stereocenters. The lowest BCUT2D eigenvalue weighted by Gasteiger charge is -2.43. The highest BCUT2D eigenvalue weighted by atomic mass is 16.5. The van der Waals surface area contributed by atoms with Crippen molar-refractivity contribution in [2.75, 3.05) is 13.2 Å². The number of hydrogen-bond acceptors (Lipinski definition) is 6. The van der Waals surface area contributed by atoms with E-state index in [4.69, 9.17) is 13.6 Å². The minimum atomic E-state index is 0.375. The molecule has 1 saturated heterocycles. The number of morpholine rings is 1. The fourth-order valence-electron chi connectivity index (χ4n) is 3.36. The van der Waals surface area contributed by atoms with Crippen molar-refractivity contribution < 1.29 is 13.6 Å². The Hall–Kier alpha value is -1.66. The Morgan fingerprint density at radius 1 is 1.24 bits per heavy atom. The molecule has 6 nitrogen and oxygen atoms in total.